The molecule has 0 spiro atoms. The summed E-state index contributed by atoms with van der Waals surface area (Å²) in [6, 6.07) is 9.27. The Morgan fingerprint density at radius 2 is 2.36 bits per heavy atom. The van der Waals surface area contributed by atoms with Crippen molar-refractivity contribution in [2.24, 2.45) is 0 Å². The second kappa shape index (κ2) is 4.75. The normalized spacial score (nSPS) is 10.0. The van der Waals surface area contributed by atoms with Crippen molar-refractivity contribution >= 4 is 22.6 Å². The lowest BCUT2D eigenvalue weighted by molar-refractivity contribution is 0.792. The summed E-state index contributed by atoms with van der Waals surface area (Å²) in [5.74, 6) is 0. The summed E-state index contributed by atoms with van der Waals surface area (Å²) in [4.78, 5) is 0. The van der Waals surface area contributed by atoms with Crippen LogP contribution in [0, 0.1) is 9.64 Å². The summed E-state index contributed by atoms with van der Waals surface area (Å²) in [6.07, 6.45) is 3.78. The smallest absolute Gasteiger partial charge is 0.0168 e. The predicted octanol–water partition coefficient (Wildman–Crippen LogP) is 3.43. The van der Waals surface area contributed by atoms with E-state index in [4.69, 9.17) is 0 Å². The number of rotatable bonds is 3. The summed E-state index contributed by atoms with van der Waals surface area (Å²) in [7, 11) is 0. The molecule has 0 aromatic heterocycles. The van der Waals surface area contributed by atoms with Gasteiger partial charge in [-0.1, -0.05) is 25.5 Å². The van der Waals surface area contributed by atoms with Gasteiger partial charge < -0.3 is 0 Å². The van der Waals surface area contributed by atoms with Gasteiger partial charge in [0.1, 0.15) is 0 Å². The first-order chi connectivity index (χ1) is 5.34. The Morgan fingerprint density at radius 3 is 3.00 bits per heavy atom. The van der Waals surface area contributed by atoms with E-state index in [9.17, 15) is 0 Å². The zero-order valence-corrected chi connectivity index (χ0v) is 8.89. The van der Waals surface area contributed by atoms with Crippen LogP contribution in [0.2, 0.25) is 0 Å². The maximum absolute atomic E-state index is 3.07. The molecule has 11 heavy (non-hydrogen) atoms. The molecule has 0 nitrogen and oxygen atoms in total. The van der Waals surface area contributed by atoms with Crippen LogP contribution < -0.4 is 0 Å². The lowest BCUT2D eigenvalue weighted by atomic mass is 10.1. The van der Waals surface area contributed by atoms with Gasteiger partial charge in [-0.15, -0.1) is 0 Å². The lowest BCUT2D eigenvalue weighted by Gasteiger charge is -2.01. The molecular weight excluding hydrogens is 247 g/mol. The molecule has 0 amide bonds. The molecule has 0 aliphatic carbocycles. The van der Waals surface area contributed by atoms with E-state index in [0.29, 0.717) is 0 Å². The number of hydrogen-bond donors (Lipinski definition) is 0. The standard InChI is InChI=1S/C10H12I/c1-2-3-6-9-7-4-5-8-10(9)11/h4,7-8H,2-3,6H2,1H3. The molecule has 1 aromatic carbocycles. The molecule has 0 fully saturated rings. The van der Waals surface area contributed by atoms with Crippen LogP contribution in [0.15, 0.2) is 18.2 Å². The third kappa shape index (κ3) is 2.81. The first-order valence-corrected chi connectivity index (χ1v) is 5.07. The van der Waals surface area contributed by atoms with Crippen molar-refractivity contribution in [2.45, 2.75) is 26.2 Å². The number of hydrogen-bond acceptors (Lipinski definition) is 0. The SMILES string of the molecule is CCCCc1cc[c]cc1I. The van der Waals surface area contributed by atoms with Crippen molar-refractivity contribution in [3.63, 3.8) is 0 Å². The van der Waals surface area contributed by atoms with E-state index in [0.717, 1.165) is 0 Å². The fourth-order valence-electron chi connectivity index (χ4n) is 1.01. The second-order valence-corrected chi connectivity index (χ2v) is 3.78. The molecule has 0 aliphatic rings. The fraction of sp³-hybridized carbons (Fsp3) is 0.400. The van der Waals surface area contributed by atoms with Crippen LogP contribution in [0.25, 0.3) is 0 Å². The Hall–Kier alpha value is -0.0500. The number of benzene rings is 1. The van der Waals surface area contributed by atoms with Crippen LogP contribution in [0.4, 0.5) is 0 Å². The van der Waals surface area contributed by atoms with Crippen molar-refractivity contribution in [3.05, 3.63) is 33.4 Å². The van der Waals surface area contributed by atoms with Crippen LogP contribution >= 0.6 is 22.6 Å². The van der Waals surface area contributed by atoms with E-state index in [2.05, 4.69) is 41.6 Å². The van der Waals surface area contributed by atoms with E-state index in [-0.39, 0.29) is 0 Å². The molecule has 0 saturated carbocycles. The summed E-state index contributed by atoms with van der Waals surface area (Å²) < 4.78 is 1.35. The average molecular weight is 259 g/mol. The lowest BCUT2D eigenvalue weighted by Crippen LogP contribution is -1.87. The van der Waals surface area contributed by atoms with Gasteiger partial charge >= 0.3 is 0 Å². The van der Waals surface area contributed by atoms with Gasteiger partial charge in [0, 0.05) is 3.57 Å². The zero-order chi connectivity index (χ0) is 8.10. The Bertz CT molecular complexity index is 218. The van der Waals surface area contributed by atoms with Gasteiger partial charge in [0.2, 0.25) is 0 Å². The molecule has 0 N–H and O–H groups in total. The zero-order valence-electron chi connectivity index (χ0n) is 6.73. The first kappa shape index (κ1) is 9.04. The van der Waals surface area contributed by atoms with Crippen molar-refractivity contribution in [1.29, 1.82) is 0 Å². The number of halogens is 1. The molecule has 0 atom stereocenters. The minimum absolute atomic E-state index is 1.21. The van der Waals surface area contributed by atoms with E-state index in [1.54, 1.807) is 0 Å². The highest BCUT2D eigenvalue weighted by Gasteiger charge is 1.95. The maximum Gasteiger partial charge on any atom is 0.0168 e. The van der Waals surface area contributed by atoms with Gasteiger partial charge in [-0.3, -0.25) is 0 Å². The quantitative estimate of drug-likeness (QED) is 0.729. The molecule has 0 bridgehead atoms. The summed E-state index contributed by atoms with van der Waals surface area (Å²) in [6.45, 7) is 2.22. The molecule has 0 saturated heterocycles. The molecule has 1 aromatic rings. The maximum atomic E-state index is 3.07. The molecule has 1 rings (SSSR count). The van der Waals surface area contributed by atoms with Gasteiger partial charge in [-0.2, -0.15) is 0 Å². The summed E-state index contributed by atoms with van der Waals surface area (Å²) >= 11 is 2.37. The van der Waals surface area contributed by atoms with Crippen LogP contribution in [0.3, 0.4) is 0 Å². The molecule has 0 unspecified atom stereocenters. The van der Waals surface area contributed by atoms with Crippen molar-refractivity contribution < 1.29 is 0 Å². The van der Waals surface area contributed by atoms with E-state index >= 15 is 0 Å². The highest BCUT2D eigenvalue weighted by Crippen LogP contribution is 2.13. The van der Waals surface area contributed by atoms with Crippen molar-refractivity contribution in [2.75, 3.05) is 0 Å². The largest absolute Gasteiger partial charge is 0.0654 e. The second-order valence-electron chi connectivity index (χ2n) is 2.62. The van der Waals surface area contributed by atoms with Crippen LogP contribution in [0.5, 0.6) is 0 Å². The minimum atomic E-state index is 1.21. The number of aryl methyl sites for hydroxylation is 1. The van der Waals surface area contributed by atoms with Crippen LogP contribution in [0.1, 0.15) is 25.3 Å². The molecule has 1 heteroatoms. The van der Waals surface area contributed by atoms with E-state index in [1.807, 2.05) is 12.1 Å². The average Bonchev–Trinajstić information content (AvgIpc) is 2.03. The van der Waals surface area contributed by atoms with Gasteiger partial charge in [-0.05, 0) is 53.1 Å². The third-order valence-electron chi connectivity index (χ3n) is 1.70. The Kier molecular flexibility index (Phi) is 3.91. The summed E-state index contributed by atoms with van der Waals surface area (Å²) in [5.41, 5.74) is 1.46. The Balaban J connectivity index is 2.62. The van der Waals surface area contributed by atoms with Gasteiger partial charge in [0.05, 0.1) is 0 Å². The topological polar surface area (TPSA) is 0 Å². The molecule has 1 radical (unpaired) electrons. The predicted molar refractivity (Wildman–Crippen MR) is 56.6 cm³/mol. The fourth-order valence-corrected chi connectivity index (χ4v) is 1.64. The highest BCUT2D eigenvalue weighted by atomic mass is 127. The molecule has 59 valence electrons. The van der Waals surface area contributed by atoms with Crippen LogP contribution in [-0.2, 0) is 6.42 Å². The molecule has 0 heterocycles. The van der Waals surface area contributed by atoms with Crippen LogP contribution in [-0.4, -0.2) is 0 Å². The van der Waals surface area contributed by atoms with E-state index in [1.165, 1.54) is 28.4 Å². The van der Waals surface area contributed by atoms with Gasteiger partial charge in [-0.25, -0.2) is 0 Å². The Labute approximate surface area is 82.2 Å². The van der Waals surface area contributed by atoms with Gasteiger partial charge in [0.25, 0.3) is 0 Å². The van der Waals surface area contributed by atoms with E-state index < -0.39 is 0 Å². The first-order valence-electron chi connectivity index (χ1n) is 3.99. The van der Waals surface area contributed by atoms with Crippen molar-refractivity contribution in [1.82, 2.24) is 0 Å². The highest BCUT2D eigenvalue weighted by molar-refractivity contribution is 14.1. The molecule has 0 aliphatic heterocycles. The molecular formula is C10H12I. The monoisotopic (exact) mass is 259 g/mol. The Morgan fingerprint density at radius 1 is 1.55 bits per heavy atom. The van der Waals surface area contributed by atoms with Crippen molar-refractivity contribution in [3.8, 4) is 0 Å². The number of unbranched alkanes of at least 4 members (excludes halogenated alkanes) is 1. The summed E-state index contributed by atoms with van der Waals surface area (Å²) in [5, 5.41) is 0. The van der Waals surface area contributed by atoms with Gasteiger partial charge in [0.15, 0.2) is 0 Å². The third-order valence-corrected chi connectivity index (χ3v) is 2.70. The minimum Gasteiger partial charge on any atom is -0.0654 e.